The summed E-state index contributed by atoms with van der Waals surface area (Å²) in [6, 6.07) is 3.31. The summed E-state index contributed by atoms with van der Waals surface area (Å²) in [7, 11) is 1.64. The summed E-state index contributed by atoms with van der Waals surface area (Å²) in [4.78, 5) is 7.94. The van der Waals surface area contributed by atoms with Gasteiger partial charge in [0, 0.05) is 31.9 Å². The van der Waals surface area contributed by atoms with Gasteiger partial charge in [-0.3, -0.25) is 4.99 Å². The van der Waals surface area contributed by atoms with Crippen molar-refractivity contribution in [3.05, 3.63) is 23.9 Å². The Morgan fingerprint density at radius 3 is 2.72 bits per heavy atom. The average molecular weight is 492 g/mol. The molecule has 0 aliphatic heterocycles. The van der Waals surface area contributed by atoms with Gasteiger partial charge in [-0.25, -0.2) is 4.98 Å². The monoisotopic (exact) mass is 492 g/mol. The third kappa shape index (κ3) is 11.3. The first-order valence-electron chi connectivity index (χ1n) is 7.53. The number of unbranched alkanes of at least 4 members (excludes halogenated alkanes) is 1. The molecule has 1 heterocycles. The van der Waals surface area contributed by atoms with E-state index in [0.717, 1.165) is 25.1 Å². The van der Waals surface area contributed by atoms with Crippen LogP contribution in [-0.2, 0) is 6.54 Å². The van der Waals surface area contributed by atoms with E-state index in [1.54, 1.807) is 19.2 Å². The summed E-state index contributed by atoms with van der Waals surface area (Å²) in [5, 5.41) is 6.21. The largest absolute Gasteiger partial charge is 0.468 e. The van der Waals surface area contributed by atoms with Gasteiger partial charge in [-0.2, -0.15) is 24.9 Å². The molecule has 0 aliphatic rings. The SMILES string of the molecule is CN=C(NCCCCSC)NCc1cccnc1OCC(F)(F)F.I. The Morgan fingerprint density at radius 2 is 2.08 bits per heavy atom. The molecule has 1 aromatic heterocycles. The summed E-state index contributed by atoms with van der Waals surface area (Å²) < 4.78 is 41.6. The zero-order valence-corrected chi connectivity index (χ0v) is 17.4. The van der Waals surface area contributed by atoms with E-state index in [-0.39, 0.29) is 36.4 Å². The molecule has 25 heavy (non-hydrogen) atoms. The number of nitrogens with one attached hydrogen (secondary N) is 2. The Hall–Kier alpha value is -0.910. The highest BCUT2D eigenvalue weighted by Crippen LogP contribution is 2.19. The highest BCUT2D eigenvalue weighted by Gasteiger charge is 2.29. The molecule has 5 nitrogen and oxygen atoms in total. The van der Waals surface area contributed by atoms with Gasteiger partial charge < -0.3 is 15.4 Å². The van der Waals surface area contributed by atoms with E-state index in [1.807, 2.05) is 11.8 Å². The third-order valence-corrected chi connectivity index (χ3v) is 3.66. The van der Waals surface area contributed by atoms with E-state index in [0.29, 0.717) is 11.5 Å². The predicted octanol–water partition coefficient (Wildman–Crippen LogP) is 3.45. The number of hydrogen-bond acceptors (Lipinski definition) is 4. The van der Waals surface area contributed by atoms with Crippen LogP contribution in [0.1, 0.15) is 18.4 Å². The first-order valence-corrected chi connectivity index (χ1v) is 8.92. The predicted molar refractivity (Wildman–Crippen MR) is 107 cm³/mol. The van der Waals surface area contributed by atoms with Crippen LogP contribution >= 0.6 is 35.7 Å². The first kappa shape index (κ1) is 24.1. The van der Waals surface area contributed by atoms with Crippen LogP contribution in [0.25, 0.3) is 0 Å². The molecule has 0 atom stereocenters. The quantitative estimate of drug-likeness (QED) is 0.240. The molecule has 1 aromatic rings. The third-order valence-electron chi connectivity index (χ3n) is 2.96. The lowest BCUT2D eigenvalue weighted by Gasteiger charge is -2.14. The lowest BCUT2D eigenvalue weighted by Crippen LogP contribution is -2.37. The maximum absolute atomic E-state index is 12.3. The Labute approximate surface area is 167 Å². The smallest absolute Gasteiger partial charge is 0.422 e. The Kier molecular flexibility index (Phi) is 12.8. The maximum atomic E-state index is 12.3. The second-order valence-corrected chi connectivity index (χ2v) is 5.91. The molecule has 0 unspecified atom stereocenters. The molecule has 0 amide bonds. The number of pyridine rings is 1. The fourth-order valence-electron chi connectivity index (χ4n) is 1.82. The molecule has 2 N–H and O–H groups in total. The molecule has 144 valence electrons. The van der Waals surface area contributed by atoms with Gasteiger partial charge in [-0.15, -0.1) is 24.0 Å². The number of hydrogen-bond donors (Lipinski definition) is 2. The van der Waals surface area contributed by atoms with Gasteiger partial charge in [-0.05, 0) is 30.9 Å². The van der Waals surface area contributed by atoms with Crippen molar-refractivity contribution in [2.45, 2.75) is 25.6 Å². The van der Waals surface area contributed by atoms with Gasteiger partial charge in [0.05, 0.1) is 0 Å². The number of alkyl halides is 3. The maximum Gasteiger partial charge on any atom is 0.422 e. The summed E-state index contributed by atoms with van der Waals surface area (Å²) in [6.45, 7) is -0.310. The standard InChI is InChI=1S/C15H23F3N4OS.HI/c1-19-14(21-7-3-4-9-24-2)22-10-12-6-5-8-20-13(12)23-11-15(16,17)18;/h5-6,8H,3-4,7,9-11H2,1-2H3,(H2,19,21,22);1H. The van der Waals surface area contributed by atoms with E-state index >= 15 is 0 Å². The number of halogens is 4. The van der Waals surface area contributed by atoms with Crippen molar-refractivity contribution < 1.29 is 17.9 Å². The molecule has 0 saturated heterocycles. The fourth-order valence-corrected chi connectivity index (χ4v) is 2.31. The zero-order valence-electron chi connectivity index (χ0n) is 14.2. The van der Waals surface area contributed by atoms with Crippen molar-refractivity contribution in [1.29, 1.82) is 0 Å². The minimum atomic E-state index is -4.39. The van der Waals surface area contributed by atoms with Gasteiger partial charge in [0.25, 0.3) is 0 Å². The average Bonchev–Trinajstić information content (AvgIpc) is 2.55. The minimum Gasteiger partial charge on any atom is -0.468 e. The lowest BCUT2D eigenvalue weighted by atomic mass is 10.2. The molecule has 10 heteroatoms. The van der Waals surface area contributed by atoms with Crippen molar-refractivity contribution in [3.8, 4) is 5.88 Å². The Balaban J connectivity index is 0.00000576. The van der Waals surface area contributed by atoms with E-state index in [4.69, 9.17) is 4.74 Å². The molecule has 0 saturated carbocycles. The molecular formula is C15H24F3IN4OS. The van der Waals surface area contributed by atoms with Crippen LogP contribution in [0.15, 0.2) is 23.3 Å². The number of thioether (sulfide) groups is 1. The van der Waals surface area contributed by atoms with Crippen LogP contribution < -0.4 is 15.4 Å². The zero-order chi connectivity index (χ0) is 17.8. The van der Waals surface area contributed by atoms with Gasteiger partial charge >= 0.3 is 6.18 Å². The van der Waals surface area contributed by atoms with Crippen molar-refractivity contribution in [3.63, 3.8) is 0 Å². The van der Waals surface area contributed by atoms with E-state index in [9.17, 15) is 13.2 Å². The van der Waals surface area contributed by atoms with Crippen LogP contribution in [0, 0.1) is 0 Å². The lowest BCUT2D eigenvalue weighted by molar-refractivity contribution is -0.154. The van der Waals surface area contributed by atoms with Crippen LogP contribution in [0.2, 0.25) is 0 Å². The number of guanidine groups is 1. The van der Waals surface area contributed by atoms with Gasteiger partial charge in [0.1, 0.15) is 0 Å². The van der Waals surface area contributed by atoms with E-state index in [2.05, 4.69) is 26.9 Å². The summed E-state index contributed by atoms with van der Waals surface area (Å²) in [5.74, 6) is 1.67. The highest BCUT2D eigenvalue weighted by molar-refractivity contribution is 14.0. The van der Waals surface area contributed by atoms with Crippen LogP contribution in [-0.4, -0.2) is 49.3 Å². The number of nitrogens with zero attached hydrogens (tertiary/aromatic N) is 2. The van der Waals surface area contributed by atoms with Crippen molar-refractivity contribution in [2.75, 3.05) is 32.2 Å². The van der Waals surface area contributed by atoms with E-state index in [1.165, 1.54) is 6.20 Å². The number of ether oxygens (including phenoxy) is 1. The van der Waals surface area contributed by atoms with Crippen molar-refractivity contribution in [2.24, 2.45) is 4.99 Å². The molecule has 0 bridgehead atoms. The number of aliphatic imine (C=N–C) groups is 1. The second-order valence-electron chi connectivity index (χ2n) is 4.92. The van der Waals surface area contributed by atoms with Gasteiger partial charge in [0.15, 0.2) is 12.6 Å². The molecule has 0 spiro atoms. The molecule has 0 aromatic carbocycles. The summed E-state index contributed by atoms with van der Waals surface area (Å²) in [5.41, 5.74) is 0.534. The molecule has 0 fully saturated rings. The number of rotatable bonds is 9. The molecule has 1 rings (SSSR count). The van der Waals surface area contributed by atoms with E-state index < -0.39 is 12.8 Å². The van der Waals surface area contributed by atoms with Gasteiger partial charge in [0.2, 0.25) is 5.88 Å². The molecular weight excluding hydrogens is 468 g/mol. The van der Waals surface area contributed by atoms with Crippen LogP contribution in [0.3, 0.4) is 0 Å². The highest BCUT2D eigenvalue weighted by atomic mass is 127. The van der Waals surface area contributed by atoms with Gasteiger partial charge in [-0.1, -0.05) is 6.07 Å². The normalized spacial score (nSPS) is 11.6. The first-order chi connectivity index (χ1) is 11.5. The minimum absolute atomic E-state index is 0. The Morgan fingerprint density at radius 1 is 1.32 bits per heavy atom. The van der Waals surface area contributed by atoms with Crippen LogP contribution in [0.5, 0.6) is 5.88 Å². The summed E-state index contributed by atoms with van der Waals surface area (Å²) >= 11 is 1.81. The van der Waals surface area contributed by atoms with Crippen molar-refractivity contribution in [1.82, 2.24) is 15.6 Å². The fraction of sp³-hybridized carbons (Fsp3) is 0.600. The second kappa shape index (κ2) is 13.3. The molecule has 0 aliphatic carbocycles. The molecule has 0 radical (unpaired) electrons. The summed E-state index contributed by atoms with van der Waals surface area (Å²) in [6.07, 6.45) is 1.21. The Bertz CT molecular complexity index is 518. The number of aromatic nitrogens is 1. The van der Waals surface area contributed by atoms with Crippen LogP contribution in [0.4, 0.5) is 13.2 Å². The topological polar surface area (TPSA) is 58.5 Å². The van der Waals surface area contributed by atoms with Crippen molar-refractivity contribution >= 4 is 41.7 Å².